The lowest BCUT2D eigenvalue weighted by Crippen LogP contribution is -2.56. The maximum absolute atomic E-state index is 11.4. The second-order valence-corrected chi connectivity index (χ2v) is 4.98. The first kappa shape index (κ1) is 22.3. The van der Waals surface area contributed by atoms with Gasteiger partial charge < -0.3 is 29.8 Å². The first-order valence-corrected chi connectivity index (χ1v) is 7.09. The SMILES string of the molecule is CC(=O)OC[C@@H](N)[C@@H](OC(C)=O)[C@H](OC(C)=O)[C@@H](OC(C)=O)C(=O)O. The van der Waals surface area contributed by atoms with Crippen LogP contribution < -0.4 is 5.73 Å². The predicted octanol–water partition coefficient (Wildman–Crippen LogP) is -1.24. The molecule has 0 bridgehead atoms. The summed E-state index contributed by atoms with van der Waals surface area (Å²) in [5, 5.41) is 9.25. The highest BCUT2D eigenvalue weighted by atomic mass is 16.6. The highest BCUT2D eigenvalue weighted by molar-refractivity contribution is 5.78. The molecule has 11 nitrogen and oxygen atoms in total. The Hall–Kier alpha value is -2.69. The van der Waals surface area contributed by atoms with Gasteiger partial charge in [-0.1, -0.05) is 0 Å². The molecular formula is C14H21NO10. The van der Waals surface area contributed by atoms with Crippen LogP contribution in [0.4, 0.5) is 0 Å². The molecule has 142 valence electrons. The van der Waals surface area contributed by atoms with E-state index in [2.05, 4.69) is 4.74 Å². The maximum atomic E-state index is 11.4. The molecule has 0 radical (unpaired) electrons. The molecule has 0 aliphatic heterocycles. The van der Waals surface area contributed by atoms with Crippen molar-refractivity contribution in [3.8, 4) is 0 Å². The summed E-state index contributed by atoms with van der Waals surface area (Å²) in [6, 6.07) is -1.26. The van der Waals surface area contributed by atoms with Crippen LogP contribution >= 0.6 is 0 Å². The summed E-state index contributed by atoms with van der Waals surface area (Å²) in [5.41, 5.74) is 5.78. The normalized spacial score (nSPS) is 15.1. The van der Waals surface area contributed by atoms with E-state index in [4.69, 9.17) is 19.9 Å². The summed E-state index contributed by atoms with van der Waals surface area (Å²) in [6.07, 6.45) is -5.30. The van der Waals surface area contributed by atoms with Gasteiger partial charge in [0.2, 0.25) is 6.10 Å². The number of rotatable bonds is 9. The summed E-state index contributed by atoms with van der Waals surface area (Å²) < 4.78 is 19.1. The van der Waals surface area contributed by atoms with Crippen LogP contribution in [-0.4, -0.2) is 65.9 Å². The summed E-state index contributed by atoms with van der Waals surface area (Å²) >= 11 is 0. The van der Waals surface area contributed by atoms with Crippen LogP contribution in [0.2, 0.25) is 0 Å². The Morgan fingerprint density at radius 1 is 0.800 bits per heavy atom. The number of esters is 4. The molecule has 0 aliphatic carbocycles. The van der Waals surface area contributed by atoms with Gasteiger partial charge in [0, 0.05) is 27.7 Å². The minimum atomic E-state index is -1.99. The van der Waals surface area contributed by atoms with Gasteiger partial charge in [0.15, 0.2) is 12.2 Å². The monoisotopic (exact) mass is 363 g/mol. The third-order valence-electron chi connectivity index (χ3n) is 2.66. The summed E-state index contributed by atoms with van der Waals surface area (Å²) in [5.74, 6) is -5.11. The van der Waals surface area contributed by atoms with Crippen molar-refractivity contribution >= 4 is 29.8 Å². The number of carbonyl (C=O) groups is 5. The van der Waals surface area contributed by atoms with Crippen LogP contribution in [0.15, 0.2) is 0 Å². The molecule has 25 heavy (non-hydrogen) atoms. The van der Waals surface area contributed by atoms with E-state index in [0.29, 0.717) is 0 Å². The Morgan fingerprint density at radius 2 is 1.24 bits per heavy atom. The lowest BCUT2D eigenvalue weighted by atomic mass is 10.0. The van der Waals surface area contributed by atoms with Crippen molar-refractivity contribution in [1.82, 2.24) is 0 Å². The van der Waals surface area contributed by atoms with Gasteiger partial charge in [-0.25, -0.2) is 4.79 Å². The molecule has 0 spiro atoms. The molecule has 0 unspecified atom stereocenters. The number of carboxylic acid groups (broad SMARTS) is 1. The van der Waals surface area contributed by atoms with Gasteiger partial charge >= 0.3 is 29.8 Å². The van der Waals surface area contributed by atoms with Crippen molar-refractivity contribution in [1.29, 1.82) is 0 Å². The summed E-state index contributed by atoms with van der Waals surface area (Å²) in [6.45, 7) is 3.58. The molecule has 0 aliphatic rings. The number of carboxylic acids is 1. The van der Waals surface area contributed by atoms with Gasteiger partial charge in [-0.3, -0.25) is 19.2 Å². The Labute approximate surface area is 143 Å². The summed E-state index contributed by atoms with van der Waals surface area (Å²) in [7, 11) is 0. The third kappa shape index (κ3) is 8.65. The standard InChI is InChI=1S/C14H21NO10/c1-6(16)22-5-10(15)11(23-7(2)17)12(24-8(3)18)13(14(20)21)25-9(4)19/h10-13H,5,15H2,1-4H3,(H,20,21)/t10-,11-,12+,13-/m1/s1. The average Bonchev–Trinajstić information content (AvgIpc) is 2.45. The maximum Gasteiger partial charge on any atom is 0.349 e. The molecule has 0 fully saturated rings. The average molecular weight is 363 g/mol. The second-order valence-electron chi connectivity index (χ2n) is 4.98. The molecule has 0 aromatic rings. The van der Waals surface area contributed by atoms with E-state index in [9.17, 15) is 29.1 Å². The molecule has 0 amide bonds. The molecule has 0 saturated heterocycles. The predicted molar refractivity (Wildman–Crippen MR) is 78.9 cm³/mol. The minimum absolute atomic E-state index is 0.461. The number of carbonyl (C=O) groups excluding carboxylic acids is 4. The molecule has 0 aromatic carbocycles. The van der Waals surface area contributed by atoms with Crippen LogP contribution in [0.1, 0.15) is 27.7 Å². The molecule has 0 aromatic heterocycles. The fourth-order valence-electron chi connectivity index (χ4n) is 1.83. The highest BCUT2D eigenvalue weighted by Gasteiger charge is 2.44. The van der Waals surface area contributed by atoms with Crippen LogP contribution in [0.5, 0.6) is 0 Å². The van der Waals surface area contributed by atoms with E-state index in [0.717, 1.165) is 27.7 Å². The van der Waals surface area contributed by atoms with Crippen LogP contribution in [-0.2, 0) is 42.9 Å². The van der Waals surface area contributed by atoms with Gasteiger partial charge in [0.25, 0.3) is 0 Å². The first-order valence-electron chi connectivity index (χ1n) is 7.09. The van der Waals surface area contributed by atoms with Crippen molar-refractivity contribution in [3.05, 3.63) is 0 Å². The van der Waals surface area contributed by atoms with Crippen molar-refractivity contribution < 1.29 is 48.0 Å². The van der Waals surface area contributed by atoms with E-state index in [1.807, 2.05) is 0 Å². The van der Waals surface area contributed by atoms with Crippen molar-refractivity contribution in [2.75, 3.05) is 6.61 Å². The van der Waals surface area contributed by atoms with E-state index >= 15 is 0 Å². The van der Waals surface area contributed by atoms with Gasteiger partial charge in [-0.05, 0) is 0 Å². The smallest absolute Gasteiger partial charge is 0.349 e. The fraction of sp³-hybridized carbons (Fsp3) is 0.643. The molecule has 11 heteroatoms. The van der Waals surface area contributed by atoms with E-state index in [1.165, 1.54) is 0 Å². The number of nitrogens with two attached hydrogens (primary N) is 1. The Kier molecular flexibility index (Phi) is 9.13. The number of ether oxygens (including phenoxy) is 4. The third-order valence-corrected chi connectivity index (χ3v) is 2.66. The Morgan fingerprint density at radius 3 is 1.60 bits per heavy atom. The lowest BCUT2D eigenvalue weighted by Gasteiger charge is -2.32. The van der Waals surface area contributed by atoms with E-state index < -0.39 is 60.8 Å². The van der Waals surface area contributed by atoms with Gasteiger partial charge in [0.05, 0.1) is 6.04 Å². The largest absolute Gasteiger partial charge is 0.478 e. The van der Waals surface area contributed by atoms with E-state index in [-0.39, 0.29) is 0 Å². The number of hydrogen-bond acceptors (Lipinski definition) is 10. The molecule has 0 saturated carbocycles. The van der Waals surface area contributed by atoms with Gasteiger partial charge in [-0.2, -0.15) is 0 Å². The quantitative estimate of drug-likeness (QED) is 0.371. The van der Waals surface area contributed by atoms with E-state index in [1.54, 1.807) is 0 Å². The Balaban J connectivity index is 5.74. The zero-order valence-corrected chi connectivity index (χ0v) is 14.2. The molecule has 3 N–H and O–H groups in total. The number of hydrogen-bond donors (Lipinski definition) is 2. The lowest BCUT2D eigenvalue weighted by molar-refractivity contribution is -0.193. The topological polar surface area (TPSA) is 169 Å². The zero-order chi connectivity index (χ0) is 19.7. The van der Waals surface area contributed by atoms with Crippen LogP contribution in [0.25, 0.3) is 0 Å². The molecular weight excluding hydrogens is 342 g/mol. The van der Waals surface area contributed by atoms with Crippen LogP contribution in [0, 0.1) is 0 Å². The van der Waals surface area contributed by atoms with Gasteiger partial charge in [-0.15, -0.1) is 0 Å². The fourth-order valence-corrected chi connectivity index (χ4v) is 1.83. The van der Waals surface area contributed by atoms with Crippen molar-refractivity contribution in [2.24, 2.45) is 5.73 Å². The first-order chi connectivity index (χ1) is 11.5. The summed E-state index contributed by atoms with van der Waals surface area (Å²) in [4.78, 5) is 56.1. The zero-order valence-electron chi connectivity index (χ0n) is 14.2. The van der Waals surface area contributed by atoms with Crippen molar-refractivity contribution in [2.45, 2.75) is 52.0 Å². The highest BCUT2D eigenvalue weighted by Crippen LogP contribution is 2.17. The minimum Gasteiger partial charge on any atom is -0.478 e. The molecule has 0 rings (SSSR count). The van der Waals surface area contributed by atoms with Gasteiger partial charge in [0.1, 0.15) is 6.61 Å². The molecule has 0 heterocycles. The molecule has 4 atom stereocenters. The van der Waals surface area contributed by atoms with Crippen LogP contribution in [0.3, 0.4) is 0 Å². The Bertz CT molecular complexity index is 532. The van der Waals surface area contributed by atoms with Crippen molar-refractivity contribution in [3.63, 3.8) is 0 Å². The number of aliphatic carboxylic acids is 1. The second kappa shape index (κ2) is 10.2.